The van der Waals surface area contributed by atoms with Gasteiger partial charge in [-0.3, -0.25) is 9.13 Å². The number of pyridine rings is 1. The summed E-state index contributed by atoms with van der Waals surface area (Å²) >= 11 is 0. The van der Waals surface area contributed by atoms with Crippen LogP contribution in [0.3, 0.4) is 0 Å². The van der Waals surface area contributed by atoms with Crippen LogP contribution in [0.25, 0.3) is 22.1 Å². The Morgan fingerprint density at radius 2 is 2.06 bits per heavy atom. The van der Waals surface area contributed by atoms with Crippen LogP contribution in [0.2, 0.25) is 0 Å². The predicted octanol–water partition coefficient (Wildman–Crippen LogP) is 6.17. The standard InChI is InChI=1S/C23H34N4O3.C3H8/c1-3-4-5-9-17(2)27-21-18-11-12-24-22(18)25-16-19(21)26(23(27)28)13-8-15-30-20-10-6-7-14-29-20;1-3-2/h11-12,16-17,20H,3-10,13-15H2,1-2H3,(H,24,25);3H2,1-2H3/t17-,20?;/m0./s1. The maximum Gasteiger partial charge on any atom is 0.329 e. The van der Waals surface area contributed by atoms with Gasteiger partial charge in [-0.05, 0) is 45.1 Å². The highest BCUT2D eigenvalue weighted by Crippen LogP contribution is 2.27. The molecule has 3 aromatic rings. The third kappa shape index (κ3) is 6.27. The van der Waals surface area contributed by atoms with Crippen molar-refractivity contribution in [2.24, 2.45) is 0 Å². The molecule has 7 nitrogen and oxygen atoms in total. The highest BCUT2D eigenvalue weighted by molar-refractivity contribution is 6.01. The Morgan fingerprint density at radius 3 is 2.79 bits per heavy atom. The highest BCUT2D eigenvalue weighted by atomic mass is 16.7. The topological polar surface area (TPSA) is 74.1 Å². The van der Waals surface area contributed by atoms with Gasteiger partial charge in [-0.15, -0.1) is 0 Å². The number of aromatic amines is 1. The lowest BCUT2D eigenvalue weighted by atomic mass is 10.1. The van der Waals surface area contributed by atoms with E-state index >= 15 is 0 Å². The average molecular weight is 459 g/mol. The zero-order valence-corrected chi connectivity index (χ0v) is 20.9. The number of aromatic nitrogens is 4. The minimum Gasteiger partial charge on any atom is -0.353 e. The van der Waals surface area contributed by atoms with Crippen LogP contribution in [0.1, 0.15) is 91.5 Å². The molecule has 0 spiro atoms. The summed E-state index contributed by atoms with van der Waals surface area (Å²) in [5.74, 6) is 0. The molecule has 0 aliphatic carbocycles. The average Bonchev–Trinajstić information content (AvgIpc) is 3.40. The smallest absolute Gasteiger partial charge is 0.329 e. The summed E-state index contributed by atoms with van der Waals surface area (Å²) in [5.41, 5.74) is 2.78. The molecular formula is C26H42N4O3. The van der Waals surface area contributed by atoms with E-state index in [1.165, 1.54) is 19.3 Å². The van der Waals surface area contributed by atoms with Crippen molar-refractivity contribution in [3.05, 3.63) is 28.9 Å². The lowest BCUT2D eigenvalue weighted by Crippen LogP contribution is -2.27. The van der Waals surface area contributed by atoms with E-state index in [1.54, 1.807) is 0 Å². The molecule has 1 fully saturated rings. The first kappa shape index (κ1) is 25.5. The molecule has 0 aromatic carbocycles. The zero-order chi connectivity index (χ0) is 23.6. The molecule has 184 valence electrons. The molecule has 0 radical (unpaired) electrons. The number of aryl methyl sites for hydroxylation is 1. The summed E-state index contributed by atoms with van der Waals surface area (Å²) in [4.78, 5) is 21.2. The first-order valence-electron chi connectivity index (χ1n) is 12.9. The first-order valence-corrected chi connectivity index (χ1v) is 12.9. The van der Waals surface area contributed by atoms with Crippen molar-refractivity contribution in [1.82, 2.24) is 19.1 Å². The molecule has 1 aliphatic heterocycles. The molecule has 1 saturated heterocycles. The van der Waals surface area contributed by atoms with Crippen LogP contribution in [-0.4, -0.2) is 38.6 Å². The minimum atomic E-state index is -0.0865. The summed E-state index contributed by atoms with van der Waals surface area (Å²) in [6.45, 7) is 10.6. The van der Waals surface area contributed by atoms with Crippen LogP contribution in [0.4, 0.5) is 0 Å². The number of nitrogens with zero attached hydrogens (tertiary/aromatic N) is 3. The van der Waals surface area contributed by atoms with Gasteiger partial charge in [-0.25, -0.2) is 9.78 Å². The van der Waals surface area contributed by atoms with E-state index in [9.17, 15) is 4.79 Å². The van der Waals surface area contributed by atoms with Crippen molar-refractivity contribution in [1.29, 1.82) is 0 Å². The zero-order valence-electron chi connectivity index (χ0n) is 20.9. The van der Waals surface area contributed by atoms with Crippen LogP contribution in [0, 0.1) is 0 Å². The van der Waals surface area contributed by atoms with Crippen molar-refractivity contribution < 1.29 is 9.47 Å². The van der Waals surface area contributed by atoms with Crippen molar-refractivity contribution in [3.8, 4) is 0 Å². The number of rotatable bonds is 10. The fourth-order valence-electron chi connectivity index (χ4n) is 4.49. The van der Waals surface area contributed by atoms with Gasteiger partial charge in [-0.2, -0.15) is 0 Å². The minimum absolute atomic E-state index is 0.0541. The van der Waals surface area contributed by atoms with E-state index in [2.05, 4.69) is 37.7 Å². The molecule has 3 aromatic heterocycles. The van der Waals surface area contributed by atoms with Gasteiger partial charge in [0.1, 0.15) is 5.65 Å². The second-order valence-corrected chi connectivity index (χ2v) is 9.11. The summed E-state index contributed by atoms with van der Waals surface area (Å²) in [7, 11) is 0. The summed E-state index contributed by atoms with van der Waals surface area (Å²) in [5, 5.41) is 1.01. The third-order valence-corrected chi connectivity index (χ3v) is 6.14. The Balaban J connectivity index is 0.000000968. The fourth-order valence-corrected chi connectivity index (χ4v) is 4.49. The van der Waals surface area contributed by atoms with Crippen molar-refractivity contribution in [2.75, 3.05) is 13.2 Å². The molecule has 0 amide bonds. The van der Waals surface area contributed by atoms with Crippen molar-refractivity contribution in [2.45, 2.75) is 104 Å². The molecule has 1 aliphatic rings. The normalized spacial score (nSPS) is 17.3. The number of H-pyrrole nitrogens is 1. The molecule has 4 heterocycles. The number of hydrogen-bond acceptors (Lipinski definition) is 4. The monoisotopic (exact) mass is 458 g/mol. The third-order valence-electron chi connectivity index (χ3n) is 6.14. The molecule has 2 atom stereocenters. The Morgan fingerprint density at radius 1 is 1.24 bits per heavy atom. The van der Waals surface area contributed by atoms with E-state index in [4.69, 9.17) is 9.47 Å². The quantitative estimate of drug-likeness (QED) is 0.369. The van der Waals surface area contributed by atoms with E-state index < -0.39 is 0 Å². The second-order valence-electron chi connectivity index (χ2n) is 9.11. The number of ether oxygens (including phenoxy) is 2. The SMILES string of the molecule is CCC.CCCCC[C@H](C)n1c(=O)n(CCCOC2CCCCO2)c2cnc3[nH]ccc3c21. The van der Waals surface area contributed by atoms with E-state index in [-0.39, 0.29) is 18.0 Å². The van der Waals surface area contributed by atoms with Gasteiger partial charge in [0, 0.05) is 30.8 Å². The molecule has 0 bridgehead atoms. The maximum absolute atomic E-state index is 13.4. The van der Waals surface area contributed by atoms with Crippen LogP contribution in [0.15, 0.2) is 23.3 Å². The summed E-state index contributed by atoms with van der Waals surface area (Å²) in [6.07, 6.45) is 13.4. The van der Waals surface area contributed by atoms with Gasteiger partial charge in [0.15, 0.2) is 6.29 Å². The molecule has 0 saturated carbocycles. The first-order chi connectivity index (χ1) is 16.1. The molecule has 7 heteroatoms. The van der Waals surface area contributed by atoms with Gasteiger partial charge < -0.3 is 14.5 Å². The van der Waals surface area contributed by atoms with Crippen molar-refractivity contribution in [3.63, 3.8) is 0 Å². The van der Waals surface area contributed by atoms with Crippen LogP contribution >= 0.6 is 0 Å². The van der Waals surface area contributed by atoms with E-state index in [0.717, 1.165) is 67.2 Å². The van der Waals surface area contributed by atoms with Crippen LogP contribution in [-0.2, 0) is 16.0 Å². The second kappa shape index (κ2) is 12.9. The lowest BCUT2D eigenvalue weighted by molar-refractivity contribution is -0.163. The van der Waals surface area contributed by atoms with Crippen LogP contribution in [0.5, 0.6) is 0 Å². The largest absolute Gasteiger partial charge is 0.353 e. The van der Waals surface area contributed by atoms with Gasteiger partial charge >= 0.3 is 5.69 Å². The number of fused-ring (bicyclic) bond motifs is 3. The number of nitrogens with one attached hydrogen (secondary N) is 1. The Labute approximate surface area is 197 Å². The van der Waals surface area contributed by atoms with Gasteiger partial charge in [0.25, 0.3) is 0 Å². The number of hydrogen-bond donors (Lipinski definition) is 1. The maximum atomic E-state index is 13.4. The van der Waals surface area contributed by atoms with Gasteiger partial charge in [-0.1, -0.05) is 46.5 Å². The number of unbranched alkanes of at least 4 members (excludes halogenated alkanes) is 2. The Hall–Kier alpha value is -2.12. The molecule has 1 unspecified atom stereocenters. The summed E-state index contributed by atoms with van der Waals surface area (Å²) < 4.78 is 15.4. The van der Waals surface area contributed by atoms with Gasteiger partial charge in [0.2, 0.25) is 0 Å². The van der Waals surface area contributed by atoms with Gasteiger partial charge in [0.05, 0.1) is 23.8 Å². The summed E-state index contributed by atoms with van der Waals surface area (Å²) in [6, 6.07) is 2.17. The van der Waals surface area contributed by atoms with E-state index in [0.29, 0.717) is 13.2 Å². The highest BCUT2D eigenvalue weighted by Gasteiger charge is 2.21. The Bertz CT molecular complexity index is 1030. The predicted molar refractivity (Wildman–Crippen MR) is 135 cm³/mol. The van der Waals surface area contributed by atoms with E-state index in [1.807, 2.05) is 27.6 Å². The number of imidazole rings is 1. The fraction of sp³-hybridized carbons (Fsp3) is 0.692. The van der Waals surface area contributed by atoms with Crippen molar-refractivity contribution >= 4 is 22.1 Å². The molecule has 1 N–H and O–H groups in total. The lowest BCUT2D eigenvalue weighted by Gasteiger charge is -2.22. The Kier molecular flexibility index (Phi) is 10.0. The molecule has 33 heavy (non-hydrogen) atoms. The molecular weight excluding hydrogens is 416 g/mol. The van der Waals surface area contributed by atoms with Crippen LogP contribution < -0.4 is 5.69 Å². The molecule has 4 rings (SSSR count).